The summed E-state index contributed by atoms with van der Waals surface area (Å²) in [4.78, 5) is 40.9. The van der Waals surface area contributed by atoms with Gasteiger partial charge in [-0.2, -0.15) is 13.2 Å². The van der Waals surface area contributed by atoms with E-state index in [2.05, 4.69) is 22.5 Å². The molecule has 1 atom stereocenters. The normalized spacial score (nSPS) is 19.3. The second-order valence-electron chi connectivity index (χ2n) is 9.83. The molecular weight excluding hydrogens is 473 g/mol. The largest absolute Gasteiger partial charge is 0.416 e. The van der Waals surface area contributed by atoms with Crippen molar-refractivity contribution in [1.29, 1.82) is 0 Å². The van der Waals surface area contributed by atoms with Gasteiger partial charge in [0.1, 0.15) is 0 Å². The molecule has 0 aliphatic carbocycles. The number of likely N-dealkylation sites (tertiary alicyclic amines) is 2. The molecule has 3 amide bonds. The number of nitrogens with one attached hydrogen (secondary N) is 2. The summed E-state index contributed by atoms with van der Waals surface area (Å²) in [6.07, 6.45) is 2.07. The summed E-state index contributed by atoms with van der Waals surface area (Å²) in [7, 11) is 0. The monoisotopic (exact) mass is 510 g/mol. The summed E-state index contributed by atoms with van der Waals surface area (Å²) < 4.78 is 38.5. The summed E-state index contributed by atoms with van der Waals surface area (Å²) in [6, 6.07) is 4.11. The second-order valence-corrected chi connectivity index (χ2v) is 9.83. The van der Waals surface area contributed by atoms with Crippen molar-refractivity contribution in [2.75, 3.05) is 39.3 Å². The molecule has 10 heteroatoms. The number of amides is 3. The van der Waals surface area contributed by atoms with Gasteiger partial charge in [-0.15, -0.1) is 0 Å². The number of halogens is 3. The van der Waals surface area contributed by atoms with Crippen LogP contribution in [0.3, 0.4) is 0 Å². The molecule has 7 nitrogen and oxygen atoms in total. The van der Waals surface area contributed by atoms with Crippen LogP contribution >= 0.6 is 0 Å². The highest BCUT2D eigenvalue weighted by Crippen LogP contribution is 2.29. The third-order valence-electron chi connectivity index (χ3n) is 7.06. The van der Waals surface area contributed by atoms with Crippen LogP contribution in [0.15, 0.2) is 24.3 Å². The van der Waals surface area contributed by atoms with Crippen molar-refractivity contribution in [3.63, 3.8) is 0 Å². The van der Waals surface area contributed by atoms with E-state index in [9.17, 15) is 27.6 Å². The van der Waals surface area contributed by atoms with E-state index in [0.29, 0.717) is 12.3 Å². The molecule has 1 aromatic rings. The topological polar surface area (TPSA) is 81.8 Å². The molecule has 0 spiro atoms. The SMILES string of the molecule is CCCCC(=O)N1CCC(CCN2CC[C@@H](NC(=O)CNC(=O)c3cccc(C(F)(F)F)c3)C2)CC1. The Morgan fingerprint density at radius 2 is 1.83 bits per heavy atom. The van der Waals surface area contributed by atoms with Crippen molar-refractivity contribution in [1.82, 2.24) is 20.4 Å². The van der Waals surface area contributed by atoms with E-state index in [1.54, 1.807) is 0 Å². The van der Waals surface area contributed by atoms with Gasteiger partial charge >= 0.3 is 6.18 Å². The number of carbonyl (C=O) groups is 3. The van der Waals surface area contributed by atoms with E-state index < -0.39 is 17.6 Å². The van der Waals surface area contributed by atoms with Gasteiger partial charge in [-0.25, -0.2) is 0 Å². The Kier molecular flexibility index (Phi) is 10.2. The summed E-state index contributed by atoms with van der Waals surface area (Å²) in [5.41, 5.74) is -1.04. The van der Waals surface area contributed by atoms with Crippen LogP contribution in [0, 0.1) is 5.92 Å². The Balaban J connectivity index is 1.32. The first-order valence-electron chi connectivity index (χ1n) is 12.9. The average molecular weight is 511 g/mol. The summed E-state index contributed by atoms with van der Waals surface area (Å²) in [5, 5.41) is 5.30. The van der Waals surface area contributed by atoms with Gasteiger partial charge in [-0.1, -0.05) is 19.4 Å². The lowest BCUT2D eigenvalue weighted by molar-refractivity contribution is -0.137. The molecule has 2 aliphatic heterocycles. The Bertz CT molecular complexity index is 901. The molecule has 3 rings (SSSR count). The number of nitrogens with zero attached hydrogens (tertiary/aromatic N) is 2. The fourth-order valence-electron chi connectivity index (χ4n) is 4.85. The molecule has 200 valence electrons. The lowest BCUT2D eigenvalue weighted by atomic mass is 9.93. The Hall–Kier alpha value is -2.62. The van der Waals surface area contributed by atoms with Crippen molar-refractivity contribution < 1.29 is 27.6 Å². The molecule has 2 heterocycles. The molecule has 2 saturated heterocycles. The first-order valence-corrected chi connectivity index (χ1v) is 12.9. The highest BCUT2D eigenvalue weighted by Gasteiger charge is 2.31. The maximum absolute atomic E-state index is 12.8. The van der Waals surface area contributed by atoms with Crippen molar-refractivity contribution in [3.8, 4) is 0 Å². The Morgan fingerprint density at radius 1 is 1.08 bits per heavy atom. The Labute approximate surface area is 210 Å². The van der Waals surface area contributed by atoms with Gasteiger partial charge in [-0.05, 0) is 62.8 Å². The molecule has 0 radical (unpaired) electrons. The summed E-state index contributed by atoms with van der Waals surface area (Å²) >= 11 is 0. The van der Waals surface area contributed by atoms with E-state index in [1.165, 1.54) is 12.1 Å². The van der Waals surface area contributed by atoms with Crippen LogP contribution in [-0.2, 0) is 15.8 Å². The molecule has 1 aromatic carbocycles. The van der Waals surface area contributed by atoms with Crippen LogP contribution in [0.1, 0.15) is 67.8 Å². The van der Waals surface area contributed by atoms with Crippen LogP contribution in [0.2, 0.25) is 0 Å². The van der Waals surface area contributed by atoms with Crippen LogP contribution in [0.25, 0.3) is 0 Å². The number of unbranched alkanes of at least 4 members (excludes halogenated alkanes) is 1. The standard InChI is InChI=1S/C26H37F3N4O3/c1-2-3-7-24(35)33-14-9-19(10-15-33)8-12-32-13-11-22(18-32)31-23(34)17-30-25(36)20-5-4-6-21(16-20)26(27,28)29/h4-6,16,19,22H,2-3,7-15,17-18H2,1H3,(H,30,36)(H,31,34)/t22-/m1/s1. The lowest BCUT2D eigenvalue weighted by Crippen LogP contribution is -2.43. The lowest BCUT2D eigenvalue weighted by Gasteiger charge is -2.33. The number of alkyl halides is 3. The average Bonchev–Trinajstić information content (AvgIpc) is 3.31. The molecule has 2 aliphatic rings. The van der Waals surface area contributed by atoms with Gasteiger partial charge in [0.15, 0.2) is 0 Å². The van der Waals surface area contributed by atoms with Crippen molar-refractivity contribution in [2.45, 2.75) is 64.1 Å². The fraction of sp³-hybridized carbons (Fsp3) is 0.654. The van der Waals surface area contributed by atoms with E-state index in [0.717, 1.165) is 83.4 Å². The van der Waals surface area contributed by atoms with E-state index >= 15 is 0 Å². The third kappa shape index (κ3) is 8.50. The van der Waals surface area contributed by atoms with E-state index in [4.69, 9.17) is 0 Å². The minimum absolute atomic E-state index is 0.0130. The summed E-state index contributed by atoms with van der Waals surface area (Å²) in [6.45, 7) is 6.07. The number of hydrogen-bond donors (Lipinski definition) is 2. The number of benzene rings is 1. The molecule has 0 unspecified atom stereocenters. The van der Waals surface area contributed by atoms with Crippen LogP contribution in [0.4, 0.5) is 13.2 Å². The zero-order valence-electron chi connectivity index (χ0n) is 20.9. The smallest absolute Gasteiger partial charge is 0.350 e. The zero-order valence-corrected chi connectivity index (χ0v) is 20.9. The predicted octanol–water partition coefficient (Wildman–Crippen LogP) is 3.44. The molecule has 2 fully saturated rings. The number of carbonyl (C=O) groups excluding carboxylic acids is 3. The van der Waals surface area contributed by atoms with E-state index in [-0.39, 0.29) is 30.0 Å². The number of piperidine rings is 1. The van der Waals surface area contributed by atoms with E-state index in [1.807, 2.05) is 4.90 Å². The molecule has 36 heavy (non-hydrogen) atoms. The van der Waals surface area contributed by atoms with Crippen LogP contribution in [-0.4, -0.2) is 72.8 Å². The van der Waals surface area contributed by atoms with Crippen molar-refractivity contribution in [2.24, 2.45) is 5.92 Å². The maximum atomic E-state index is 12.8. The Morgan fingerprint density at radius 3 is 2.53 bits per heavy atom. The molecule has 0 aromatic heterocycles. The highest BCUT2D eigenvalue weighted by molar-refractivity contribution is 5.96. The molecule has 2 N–H and O–H groups in total. The minimum Gasteiger partial charge on any atom is -0.350 e. The van der Waals surface area contributed by atoms with Gasteiger partial charge < -0.3 is 20.4 Å². The van der Waals surface area contributed by atoms with Crippen LogP contribution in [0.5, 0.6) is 0 Å². The highest BCUT2D eigenvalue weighted by atomic mass is 19.4. The van der Waals surface area contributed by atoms with Gasteiger partial charge in [0, 0.05) is 44.2 Å². The molecule has 0 bridgehead atoms. The predicted molar refractivity (Wildman–Crippen MR) is 130 cm³/mol. The van der Waals surface area contributed by atoms with Crippen molar-refractivity contribution in [3.05, 3.63) is 35.4 Å². The fourth-order valence-corrected chi connectivity index (χ4v) is 4.85. The molecular formula is C26H37F3N4O3. The summed E-state index contributed by atoms with van der Waals surface area (Å²) in [5.74, 6) is -0.191. The maximum Gasteiger partial charge on any atom is 0.416 e. The first kappa shape index (κ1) is 28.0. The van der Waals surface area contributed by atoms with Gasteiger partial charge in [0.2, 0.25) is 11.8 Å². The third-order valence-corrected chi connectivity index (χ3v) is 7.06. The quantitative estimate of drug-likeness (QED) is 0.505. The van der Waals surface area contributed by atoms with Gasteiger partial charge in [-0.3, -0.25) is 14.4 Å². The minimum atomic E-state index is -4.54. The second kappa shape index (κ2) is 13.1. The van der Waals surface area contributed by atoms with Gasteiger partial charge in [0.05, 0.1) is 12.1 Å². The zero-order chi connectivity index (χ0) is 26.1. The number of rotatable bonds is 10. The van der Waals surface area contributed by atoms with Gasteiger partial charge in [0.25, 0.3) is 5.91 Å². The van der Waals surface area contributed by atoms with Crippen LogP contribution < -0.4 is 10.6 Å². The first-order chi connectivity index (χ1) is 17.2. The van der Waals surface area contributed by atoms with Crippen molar-refractivity contribution >= 4 is 17.7 Å². The molecule has 0 saturated carbocycles. The number of hydrogen-bond acceptors (Lipinski definition) is 4.